The van der Waals surface area contributed by atoms with Crippen molar-refractivity contribution < 1.29 is 14.7 Å². The Bertz CT molecular complexity index is 663. The van der Waals surface area contributed by atoms with Crippen LogP contribution in [-0.2, 0) is 0 Å². The molecule has 0 heterocycles. The van der Waals surface area contributed by atoms with Crippen LogP contribution in [0.25, 0.3) is 0 Å². The minimum atomic E-state index is -1.02. The SMILES string of the molecule is Cc1c(NC(=O)c2ccc(N)cc2)cccc1C(=O)O. The Morgan fingerprint density at radius 3 is 2.35 bits per heavy atom. The maximum atomic E-state index is 12.1. The van der Waals surface area contributed by atoms with Crippen molar-refractivity contribution in [2.75, 3.05) is 11.1 Å². The third kappa shape index (κ3) is 2.77. The molecule has 0 bridgehead atoms. The minimum Gasteiger partial charge on any atom is -0.478 e. The normalized spacial score (nSPS) is 10.1. The topological polar surface area (TPSA) is 92.4 Å². The smallest absolute Gasteiger partial charge is 0.336 e. The second-order valence-corrected chi connectivity index (χ2v) is 4.36. The zero-order valence-corrected chi connectivity index (χ0v) is 10.9. The van der Waals surface area contributed by atoms with Crippen molar-refractivity contribution in [2.24, 2.45) is 0 Å². The highest BCUT2D eigenvalue weighted by Crippen LogP contribution is 2.20. The summed E-state index contributed by atoms with van der Waals surface area (Å²) in [4.78, 5) is 23.1. The lowest BCUT2D eigenvalue weighted by atomic mass is 10.1. The predicted molar refractivity (Wildman–Crippen MR) is 76.9 cm³/mol. The van der Waals surface area contributed by atoms with E-state index in [4.69, 9.17) is 10.8 Å². The van der Waals surface area contributed by atoms with Gasteiger partial charge in [0.25, 0.3) is 5.91 Å². The molecule has 20 heavy (non-hydrogen) atoms. The summed E-state index contributed by atoms with van der Waals surface area (Å²) in [6.07, 6.45) is 0. The zero-order chi connectivity index (χ0) is 14.7. The fraction of sp³-hybridized carbons (Fsp3) is 0.0667. The molecule has 5 nitrogen and oxygen atoms in total. The molecule has 0 spiro atoms. The van der Waals surface area contributed by atoms with E-state index < -0.39 is 5.97 Å². The van der Waals surface area contributed by atoms with Crippen molar-refractivity contribution in [3.05, 3.63) is 59.2 Å². The number of nitrogens with two attached hydrogens (primary N) is 1. The van der Waals surface area contributed by atoms with Gasteiger partial charge in [0.1, 0.15) is 0 Å². The van der Waals surface area contributed by atoms with E-state index in [0.29, 0.717) is 22.5 Å². The molecule has 0 atom stereocenters. The first-order chi connectivity index (χ1) is 9.49. The van der Waals surface area contributed by atoms with Crippen LogP contribution < -0.4 is 11.1 Å². The third-order valence-electron chi connectivity index (χ3n) is 2.99. The Kier molecular flexibility index (Phi) is 3.70. The predicted octanol–water partition coefficient (Wildman–Crippen LogP) is 2.53. The molecule has 102 valence electrons. The van der Waals surface area contributed by atoms with Crippen LogP contribution in [0.4, 0.5) is 11.4 Å². The molecule has 0 aromatic heterocycles. The highest BCUT2D eigenvalue weighted by Gasteiger charge is 2.12. The lowest BCUT2D eigenvalue weighted by Crippen LogP contribution is -2.14. The van der Waals surface area contributed by atoms with Crippen LogP contribution in [0, 0.1) is 6.92 Å². The van der Waals surface area contributed by atoms with Gasteiger partial charge in [0, 0.05) is 16.9 Å². The van der Waals surface area contributed by atoms with Gasteiger partial charge >= 0.3 is 5.97 Å². The van der Waals surface area contributed by atoms with E-state index in [1.54, 1.807) is 43.3 Å². The highest BCUT2D eigenvalue weighted by atomic mass is 16.4. The molecule has 2 aromatic rings. The summed E-state index contributed by atoms with van der Waals surface area (Å²) in [5.74, 6) is -1.33. The first-order valence-corrected chi connectivity index (χ1v) is 5.99. The maximum absolute atomic E-state index is 12.1. The van der Waals surface area contributed by atoms with Crippen LogP contribution in [0.1, 0.15) is 26.3 Å². The van der Waals surface area contributed by atoms with Crippen molar-refractivity contribution in [2.45, 2.75) is 6.92 Å². The summed E-state index contributed by atoms with van der Waals surface area (Å²) >= 11 is 0. The Morgan fingerprint density at radius 2 is 1.75 bits per heavy atom. The lowest BCUT2D eigenvalue weighted by Gasteiger charge is -2.10. The van der Waals surface area contributed by atoms with Crippen molar-refractivity contribution in [1.29, 1.82) is 0 Å². The van der Waals surface area contributed by atoms with Gasteiger partial charge in [-0.15, -0.1) is 0 Å². The average molecular weight is 270 g/mol. The van der Waals surface area contributed by atoms with Crippen LogP contribution in [0.5, 0.6) is 0 Å². The Morgan fingerprint density at radius 1 is 1.10 bits per heavy atom. The molecule has 4 N–H and O–H groups in total. The molecule has 0 aliphatic rings. The third-order valence-corrected chi connectivity index (χ3v) is 2.99. The summed E-state index contributed by atoms with van der Waals surface area (Å²) in [5.41, 5.74) is 7.75. The lowest BCUT2D eigenvalue weighted by molar-refractivity contribution is 0.0695. The van der Waals surface area contributed by atoms with Crippen LogP contribution in [0.15, 0.2) is 42.5 Å². The number of nitrogen functional groups attached to an aromatic ring is 1. The van der Waals surface area contributed by atoms with Gasteiger partial charge < -0.3 is 16.2 Å². The number of nitrogens with one attached hydrogen (secondary N) is 1. The quantitative estimate of drug-likeness (QED) is 0.747. The van der Waals surface area contributed by atoms with Gasteiger partial charge in [-0.2, -0.15) is 0 Å². The number of hydrogen-bond acceptors (Lipinski definition) is 3. The van der Waals surface area contributed by atoms with Gasteiger partial charge in [-0.3, -0.25) is 4.79 Å². The van der Waals surface area contributed by atoms with Crippen LogP contribution in [0.3, 0.4) is 0 Å². The van der Waals surface area contributed by atoms with Gasteiger partial charge in [-0.1, -0.05) is 6.07 Å². The summed E-state index contributed by atoms with van der Waals surface area (Å²) in [6.45, 7) is 1.65. The molecule has 0 aliphatic carbocycles. The van der Waals surface area contributed by atoms with Gasteiger partial charge in [0.15, 0.2) is 0 Å². The van der Waals surface area contributed by atoms with Crippen molar-refractivity contribution in [3.63, 3.8) is 0 Å². The Balaban J connectivity index is 2.26. The van der Waals surface area contributed by atoms with Crippen LogP contribution in [-0.4, -0.2) is 17.0 Å². The van der Waals surface area contributed by atoms with Gasteiger partial charge in [-0.25, -0.2) is 4.79 Å². The number of carbonyl (C=O) groups is 2. The number of amides is 1. The number of hydrogen-bond donors (Lipinski definition) is 3. The number of rotatable bonds is 3. The summed E-state index contributed by atoms with van der Waals surface area (Å²) in [5, 5.41) is 11.7. The monoisotopic (exact) mass is 270 g/mol. The molecule has 0 radical (unpaired) electrons. The minimum absolute atomic E-state index is 0.167. The molecule has 0 unspecified atom stereocenters. The zero-order valence-electron chi connectivity index (χ0n) is 10.9. The number of carboxylic acids is 1. The van der Waals surface area contributed by atoms with Crippen molar-refractivity contribution in [1.82, 2.24) is 0 Å². The first-order valence-electron chi connectivity index (χ1n) is 5.99. The largest absolute Gasteiger partial charge is 0.478 e. The average Bonchev–Trinajstić information content (AvgIpc) is 2.41. The molecule has 0 aliphatic heterocycles. The van der Waals surface area contributed by atoms with E-state index in [2.05, 4.69) is 5.32 Å². The molecule has 2 aromatic carbocycles. The number of carbonyl (C=O) groups excluding carboxylic acids is 1. The summed E-state index contributed by atoms with van der Waals surface area (Å²) in [7, 11) is 0. The van der Waals surface area contributed by atoms with E-state index in [1.807, 2.05) is 0 Å². The van der Waals surface area contributed by atoms with Gasteiger partial charge in [-0.05, 0) is 48.9 Å². The fourth-order valence-electron chi connectivity index (χ4n) is 1.83. The molecule has 0 saturated carbocycles. The van der Waals surface area contributed by atoms with E-state index in [9.17, 15) is 9.59 Å². The second-order valence-electron chi connectivity index (χ2n) is 4.36. The molecule has 5 heteroatoms. The van der Waals surface area contributed by atoms with Crippen LogP contribution >= 0.6 is 0 Å². The Hall–Kier alpha value is -2.82. The Labute approximate surface area is 116 Å². The van der Waals surface area contributed by atoms with E-state index >= 15 is 0 Å². The molecule has 0 saturated heterocycles. The molecule has 0 fully saturated rings. The van der Waals surface area contributed by atoms with Crippen molar-refractivity contribution in [3.8, 4) is 0 Å². The highest BCUT2D eigenvalue weighted by molar-refractivity contribution is 6.05. The van der Waals surface area contributed by atoms with Crippen molar-refractivity contribution >= 4 is 23.3 Å². The molecular weight excluding hydrogens is 256 g/mol. The molecule has 1 amide bonds. The van der Waals surface area contributed by atoms with Crippen LogP contribution in [0.2, 0.25) is 0 Å². The number of aromatic carboxylic acids is 1. The summed E-state index contributed by atoms with van der Waals surface area (Å²) < 4.78 is 0. The number of carboxylic acid groups (broad SMARTS) is 1. The standard InChI is InChI=1S/C15H14N2O3/c1-9-12(15(19)20)3-2-4-13(9)17-14(18)10-5-7-11(16)8-6-10/h2-8H,16H2,1H3,(H,17,18)(H,19,20). The second kappa shape index (κ2) is 5.44. The maximum Gasteiger partial charge on any atom is 0.336 e. The molecular formula is C15H14N2O3. The number of anilines is 2. The first kappa shape index (κ1) is 13.6. The van der Waals surface area contributed by atoms with Gasteiger partial charge in [0.05, 0.1) is 5.56 Å². The summed E-state index contributed by atoms with van der Waals surface area (Å²) in [6, 6.07) is 11.2. The fourth-order valence-corrected chi connectivity index (χ4v) is 1.83. The number of benzene rings is 2. The van der Waals surface area contributed by atoms with Gasteiger partial charge in [0.2, 0.25) is 0 Å². The van der Waals surface area contributed by atoms with E-state index in [0.717, 1.165) is 0 Å². The molecule has 2 rings (SSSR count). The van der Waals surface area contributed by atoms with E-state index in [-0.39, 0.29) is 11.5 Å². The van der Waals surface area contributed by atoms with E-state index in [1.165, 1.54) is 6.07 Å².